The van der Waals surface area contributed by atoms with Crippen molar-refractivity contribution in [3.63, 3.8) is 0 Å². The zero-order chi connectivity index (χ0) is 25.9. The molecule has 2 atom stereocenters. The summed E-state index contributed by atoms with van der Waals surface area (Å²) in [5.41, 5.74) is 4.24. The molecule has 0 aliphatic rings. The van der Waals surface area contributed by atoms with E-state index in [-0.39, 0.29) is 23.8 Å². The van der Waals surface area contributed by atoms with Crippen molar-refractivity contribution in [3.05, 3.63) is 95.1 Å². The molecule has 4 heteroatoms. The number of rotatable bonds is 10. The van der Waals surface area contributed by atoms with Gasteiger partial charge in [0.1, 0.15) is 11.5 Å². The lowest BCUT2D eigenvalue weighted by Gasteiger charge is -2.08. The Hall–Kier alpha value is -3.92. The molecule has 3 rings (SSSR count). The lowest BCUT2D eigenvalue weighted by atomic mass is 10.1. The van der Waals surface area contributed by atoms with Gasteiger partial charge in [-0.05, 0) is 59.4 Å². The summed E-state index contributed by atoms with van der Waals surface area (Å²) in [6, 6.07) is 23.3. The van der Waals surface area contributed by atoms with E-state index in [0.717, 1.165) is 35.1 Å². The minimum atomic E-state index is -0.200. The van der Waals surface area contributed by atoms with Crippen LogP contribution >= 0.6 is 0 Å². The van der Waals surface area contributed by atoms with Crippen LogP contribution in [0.15, 0.2) is 72.8 Å². The van der Waals surface area contributed by atoms with E-state index in [2.05, 4.69) is 24.3 Å². The molecule has 2 unspecified atom stereocenters. The van der Waals surface area contributed by atoms with E-state index < -0.39 is 0 Å². The number of esters is 2. The van der Waals surface area contributed by atoms with Gasteiger partial charge in [-0.15, -0.1) is 0 Å². The molecule has 186 valence electrons. The van der Waals surface area contributed by atoms with Crippen LogP contribution in [-0.4, -0.2) is 11.9 Å². The van der Waals surface area contributed by atoms with Crippen molar-refractivity contribution < 1.29 is 19.1 Å². The third-order valence-corrected chi connectivity index (χ3v) is 6.10. The van der Waals surface area contributed by atoms with E-state index >= 15 is 0 Å². The molecule has 3 aromatic carbocycles. The Bertz CT molecular complexity index is 1090. The van der Waals surface area contributed by atoms with Crippen LogP contribution in [0.4, 0.5) is 0 Å². The highest BCUT2D eigenvalue weighted by molar-refractivity contribution is 5.76. The van der Waals surface area contributed by atoms with Gasteiger partial charge in [0.2, 0.25) is 0 Å². The SMILES string of the molecule is CCC(C)C(=O)Oc1ccc(/C=C/c2ccc(/C=C/c3ccc(OC(=O)C(C)CC)cc3)cc2)cc1. The summed E-state index contributed by atoms with van der Waals surface area (Å²) in [4.78, 5) is 23.8. The van der Waals surface area contributed by atoms with Gasteiger partial charge in [-0.2, -0.15) is 0 Å². The highest BCUT2D eigenvalue weighted by Gasteiger charge is 2.13. The summed E-state index contributed by atoms with van der Waals surface area (Å²) < 4.78 is 10.8. The van der Waals surface area contributed by atoms with Crippen LogP contribution in [-0.2, 0) is 9.59 Å². The van der Waals surface area contributed by atoms with E-state index in [1.165, 1.54) is 0 Å². The van der Waals surface area contributed by atoms with Crippen LogP contribution in [0, 0.1) is 11.8 Å². The van der Waals surface area contributed by atoms with Gasteiger partial charge in [0.05, 0.1) is 11.8 Å². The molecular formula is C32H34O4. The average Bonchev–Trinajstić information content (AvgIpc) is 2.91. The first-order chi connectivity index (χ1) is 17.4. The highest BCUT2D eigenvalue weighted by atomic mass is 16.5. The maximum Gasteiger partial charge on any atom is 0.314 e. The summed E-state index contributed by atoms with van der Waals surface area (Å²) in [6.07, 6.45) is 9.68. The van der Waals surface area contributed by atoms with Crippen molar-refractivity contribution in [2.75, 3.05) is 0 Å². The highest BCUT2D eigenvalue weighted by Crippen LogP contribution is 2.19. The zero-order valence-corrected chi connectivity index (χ0v) is 21.4. The number of hydrogen-bond acceptors (Lipinski definition) is 4. The van der Waals surface area contributed by atoms with Crippen molar-refractivity contribution in [3.8, 4) is 11.5 Å². The molecule has 0 aliphatic heterocycles. The Morgan fingerprint density at radius 3 is 1.06 bits per heavy atom. The molecule has 0 aliphatic carbocycles. The molecule has 0 heterocycles. The van der Waals surface area contributed by atoms with Gasteiger partial charge in [-0.3, -0.25) is 9.59 Å². The number of hydrogen-bond donors (Lipinski definition) is 0. The van der Waals surface area contributed by atoms with Gasteiger partial charge < -0.3 is 9.47 Å². The van der Waals surface area contributed by atoms with Gasteiger partial charge >= 0.3 is 11.9 Å². The fraction of sp³-hybridized carbons (Fsp3) is 0.250. The van der Waals surface area contributed by atoms with Crippen LogP contribution in [0.2, 0.25) is 0 Å². The van der Waals surface area contributed by atoms with Crippen LogP contribution < -0.4 is 9.47 Å². The van der Waals surface area contributed by atoms with Gasteiger partial charge in [0.25, 0.3) is 0 Å². The summed E-state index contributed by atoms with van der Waals surface area (Å²) in [6.45, 7) is 7.68. The maximum atomic E-state index is 11.9. The van der Waals surface area contributed by atoms with Gasteiger partial charge in [-0.1, -0.05) is 101 Å². The third kappa shape index (κ3) is 8.09. The topological polar surface area (TPSA) is 52.6 Å². The van der Waals surface area contributed by atoms with Crippen LogP contribution in [0.5, 0.6) is 11.5 Å². The predicted octanol–water partition coefficient (Wildman–Crippen LogP) is 7.93. The molecule has 0 fully saturated rings. The summed E-state index contributed by atoms with van der Waals surface area (Å²) >= 11 is 0. The van der Waals surface area contributed by atoms with Gasteiger partial charge in [0.15, 0.2) is 0 Å². The molecule has 0 aromatic heterocycles. The quantitative estimate of drug-likeness (QED) is 0.167. The molecule has 0 saturated heterocycles. The van der Waals surface area contributed by atoms with E-state index in [1.54, 1.807) is 0 Å². The van der Waals surface area contributed by atoms with Crippen molar-refractivity contribution in [1.82, 2.24) is 0 Å². The number of carbonyl (C=O) groups is 2. The van der Waals surface area contributed by atoms with Crippen molar-refractivity contribution >= 4 is 36.2 Å². The van der Waals surface area contributed by atoms with Crippen molar-refractivity contribution in [1.29, 1.82) is 0 Å². The summed E-state index contributed by atoms with van der Waals surface area (Å²) in [5, 5.41) is 0. The Balaban J connectivity index is 1.54. The average molecular weight is 483 g/mol. The molecular weight excluding hydrogens is 448 g/mol. The van der Waals surface area contributed by atoms with Gasteiger partial charge in [-0.25, -0.2) is 0 Å². The van der Waals surface area contributed by atoms with Crippen molar-refractivity contribution in [2.45, 2.75) is 40.5 Å². The molecule has 4 nitrogen and oxygen atoms in total. The molecule has 3 aromatic rings. The maximum absolute atomic E-state index is 11.9. The van der Waals surface area contributed by atoms with Gasteiger partial charge in [0, 0.05) is 0 Å². The largest absolute Gasteiger partial charge is 0.426 e. The number of benzene rings is 3. The summed E-state index contributed by atoms with van der Waals surface area (Å²) in [7, 11) is 0. The third-order valence-electron chi connectivity index (χ3n) is 6.10. The standard InChI is InChI=1S/C32H34O4/c1-5-23(3)31(33)35-29-19-15-27(16-20-29)13-11-25-7-9-26(10-8-25)12-14-28-17-21-30(22-18-28)36-32(34)24(4)6-2/h7-24H,5-6H2,1-4H3/b13-11+,14-12+. The summed E-state index contributed by atoms with van der Waals surface area (Å²) in [5.74, 6) is 0.525. The number of ether oxygens (including phenoxy) is 2. The predicted molar refractivity (Wildman–Crippen MR) is 147 cm³/mol. The molecule has 0 radical (unpaired) electrons. The smallest absolute Gasteiger partial charge is 0.314 e. The van der Waals surface area contributed by atoms with Crippen molar-refractivity contribution in [2.24, 2.45) is 11.8 Å². The Morgan fingerprint density at radius 1 is 0.556 bits per heavy atom. The Kier molecular flexibility index (Phi) is 9.82. The first kappa shape index (κ1) is 26.7. The normalized spacial score (nSPS) is 13.0. The first-order valence-corrected chi connectivity index (χ1v) is 12.5. The molecule has 0 bridgehead atoms. The molecule has 0 saturated carbocycles. The second-order valence-corrected chi connectivity index (χ2v) is 8.93. The molecule has 0 amide bonds. The zero-order valence-electron chi connectivity index (χ0n) is 21.4. The Morgan fingerprint density at radius 2 is 0.806 bits per heavy atom. The van der Waals surface area contributed by atoms with Crippen LogP contribution in [0.25, 0.3) is 24.3 Å². The monoisotopic (exact) mass is 482 g/mol. The van der Waals surface area contributed by atoms with Crippen LogP contribution in [0.3, 0.4) is 0 Å². The lowest BCUT2D eigenvalue weighted by molar-refractivity contribution is -0.139. The molecule has 0 N–H and O–H groups in total. The van der Waals surface area contributed by atoms with E-state index in [4.69, 9.17) is 9.47 Å². The van der Waals surface area contributed by atoms with E-state index in [0.29, 0.717) is 11.5 Å². The number of carbonyl (C=O) groups excluding carboxylic acids is 2. The lowest BCUT2D eigenvalue weighted by Crippen LogP contribution is -2.16. The second-order valence-electron chi connectivity index (χ2n) is 8.93. The second kappa shape index (κ2) is 13.2. The molecule has 0 spiro atoms. The van der Waals surface area contributed by atoms with E-state index in [1.807, 2.05) is 101 Å². The minimum absolute atomic E-state index is 0.103. The fourth-order valence-electron chi connectivity index (χ4n) is 3.16. The minimum Gasteiger partial charge on any atom is -0.426 e. The first-order valence-electron chi connectivity index (χ1n) is 12.5. The van der Waals surface area contributed by atoms with E-state index in [9.17, 15) is 9.59 Å². The van der Waals surface area contributed by atoms with Crippen LogP contribution in [0.1, 0.15) is 62.8 Å². The molecule has 36 heavy (non-hydrogen) atoms. The fourth-order valence-corrected chi connectivity index (χ4v) is 3.16. The Labute approximate surface area is 214 Å².